The van der Waals surface area contributed by atoms with Gasteiger partial charge in [0.15, 0.2) is 11.5 Å². The van der Waals surface area contributed by atoms with E-state index < -0.39 is 0 Å². The van der Waals surface area contributed by atoms with Crippen LogP contribution in [0.25, 0.3) is 0 Å². The van der Waals surface area contributed by atoms with Gasteiger partial charge in [-0.3, -0.25) is 4.79 Å². The third kappa shape index (κ3) is 7.41. The summed E-state index contributed by atoms with van der Waals surface area (Å²) in [5.74, 6) is 1.43. The van der Waals surface area contributed by atoms with E-state index in [4.69, 9.17) is 37.4 Å². The molecule has 0 aliphatic carbocycles. The molecule has 3 rings (SSSR count). The second-order valence-corrected chi connectivity index (χ2v) is 7.84. The van der Waals surface area contributed by atoms with Crippen molar-refractivity contribution < 1.29 is 19.0 Å². The summed E-state index contributed by atoms with van der Waals surface area (Å²) in [5.41, 5.74) is 4.98. The highest BCUT2D eigenvalue weighted by Crippen LogP contribution is 2.37. The van der Waals surface area contributed by atoms with Crippen molar-refractivity contribution in [2.75, 3.05) is 13.7 Å². The molecule has 8 heteroatoms. The lowest BCUT2D eigenvalue weighted by Crippen LogP contribution is -2.19. The minimum atomic E-state index is -0.240. The first-order chi connectivity index (χ1) is 16.0. The van der Waals surface area contributed by atoms with Gasteiger partial charge in [0.25, 0.3) is 0 Å². The molecule has 6 nitrogen and oxygen atoms in total. The number of halogens is 2. The number of ether oxygens (including phenoxy) is 3. The highest BCUT2D eigenvalue weighted by molar-refractivity contribution is 6.32. The summed E-state index contributed by atoms with van der Waals surface area (Å²) in [4.78, 5) is 12.2. The van der Waals surface area contributed by atoms with Crippen LogP contribution in [0.1, 0.15) is 23.6 Å². The summed E-state index contributed by atoms with van der Waals surface area (Å²) >= 11 is 12.4. The SMILES string of the molecule is CCOc1cc(/C=N\NC(=O)Cc2ccc(OC)cc2)cc(Cl)c1OCc1ccc(Cl)cc1. The average molecular weight is 487 g/mol. The first-order valence-corrected chi connectivity index (χ1v) is 11.0. The van der Waals surface area contributed by atoms with Crippen molar-refractivity contribution in [3.05, 3.63) is 87.4 Å². The number of nitrogens with one attached hydrogen (secondary N) is 1. The van der Waals surface area contributed by atoms with Crippen LogP contribution in [0.5, 0.6) is 17.2 Å². The fraction of sp³-hybridized carbons (Fsp3) is 0.200. The van der Waals surface area contributed by atoms with Gasteiger partial charge in [0.05, 0.1) is 31.4 Å². The minimum absolute atomic E-state index is 0.198. The van der Waals surface area contributed by atoms with Crippen LogP contribution in [0.4, 0.5) is 0 Å². The zero-order chi connectivity index (χ0) is 23.6. The summed E-state index contributed by atoms with van der Waals surface area (Å²) in [5, 5.41) is 5.06. The van der Waals surface area contributed by atoms with Crippen LogP contribution < -0.4 is 19.6 Å². The van der Waals surface area contributed by atoms with Gasteiger partial charge in [-0.25, -0.2) is 5.43 Å². The van der Waals surface area contributed by atoms with Gasteiger partial charge in [-0.2, -0.15) is 5.10 Å². The molecule has 0 radical (unpaired) electrons. The first-order valence-electron chi connectivity index (χ1n) is 10.3. The summed E-state index contributed by atoms with van der Waals surface area (Å²) in [6.45, 7) is 2.62. The van der Waals surface area contributed by atoms with Gasteiger partial charge in [0.2, 0.25) is 5.91 Å². The maximum Gasteiger partial charge on any atom is 0.244 e. The maximum absolute atomic E-state index is 12.2. The van der Waals surface area contributed by atoms with Crippen molar-refractivity contribution in [3.63, 3.8) is 0 Å². The van der Waals surface area contributed by atoms with E-state index in [1.807, 2.05) is 31.2 Å². The molecule has 0 aromatic heterocycles. The van der Waals surface area contributed by atoms with Crippen molar-refractivity contribution in [1.82, 2.24) is 5.43 Å². The van der Waals surface area contributed by atoms with E-state index in [2.05, 4.69) is 10.5 Å². The van der Waals surface area contributed by atoms with E-state index in [0.29, 0.717) is 40.3 Å². The molecular weight excluding hydrogens is 463 g/mol. The monoisotopic (exact) mass is 486 g/mol. The molecule has 0 bridgehead atoms. The Labute approximate surface area is 203 Å². The molecule has 3 aromatic carbocycles. The Morgan fingerprint density at radius 1 is 1.00 bits per heavy atom. The van der Waals surface area contributed by atoms with E-state index >= 15 is 0 Å². The van der Waals surface area contributed by atoms with E-state index in [-0.39, 0.29) is 12.3 Å². The number of amides is 1. The predicted molar refractivity (Wildman–Crippen MR) is 131 cm³/mol. The Kier molecular flexibility index (Phi) is 8.98. The van der Waals surface area contributed by atoms with Crippen molar-refractivity contribution in [1.29, 1.82) is 0 Å². The van der Waals surface area contributed by atoms with Crippen LogP contribution in [0.2, 0.25) is 10.0 Å². The molecule has 0 spiro atoms. The van der Waals surface area contributed by atoms with E-state index in [0.717, 1.165) is 16.9 Å². The molecular formula is C25H24Cl2N2O4. The molecule has 33 heavy (non-hydrogen) atoms. The number of methoxy groups -OCH3 is 1. The smallest absolute Gasteiger partial charge is 0.244 e. The molecule has 1 N–H and O–H groups in total. The van der Waals surface area contributed by atoms with Gasteiger partial charge in [0.1, 0.15) is 12.4 Å². The van der Waals surface area contributed by atoms with Gasteiger partial charge in [-0.1, -0.05) is 47.5 Å². The summed E-state index contributed by atoms with van der Waals surface area (Å²) in [6, 6.07) is 18.1. The molecule has 3 aromatic rings. The number of hydrogen-bond acceptors (Lipinski definition) is 5. The standard InChI is InChI=1S/C25H24Cl2N2O4/c1-3-32-23-13-19(12-22(27)25(23)33-16-18-4-8-20(26)9-5-18)15-28-29-24(30)14-17-6-10-21(31-2)11-7-17/h4-13,15H,3,14,16H2,1-2H3,(H,29,30)/b28-15-. The van der Waals surface area contributed by atoms with Crippen molar-refractivity contribution in [3.8, 4) is 17.2 Å². The predicted octanol–water partition coefficient (Wildman–Crippen LogP) is 5.67. The zero-order valence-electron chi connectivity index (χ0n) is 18.3. The number of carbonyl (C=O) groups excluding carboxylic acids is 1. The Morgan fingerprint density at radius 3 is 2.36 bits per heavy atom. The summed E-state index contributed by atoms with van der Waals surface area (Å²) < 4.78 is 16.7. The highest BCUT2D eigenvalue weighted by Gasteiger charge is 2.13. The van der Waals surface area contributed by atoms with Gasteiger partial charge < -0.3 is 14.2 Å². The lowest BCUT2D eigenvalue weighted by Gasteiger charge is -2.14. The lowest BCUT2D eigenvalue weighted by atomic mass is 10.1. The molecule has 0 aliphatic rings. The summed E-state index contributed by atoms with van der Waals surface area (Å²) in [6.07, 6.45) is 1.70. The second kappa shape index (κ2) is 12.1. The molecule has 0 atom stereocenters. The molecule has 0 saturated heterocycles. The largest absolute Gasteiger partial charge is 0.497 e. The number of hydrogen-bond donors (Lipinski definition) is 1. The van der Waals surface area contributed by atoms with Crippen LogP contribution >= 0.6 is 23.2 Å². The molecule has 0 saturated carbocycles. The van der Waals surface area contributed by atoms with Crippen LogP contribution in [0, 0.1) is 0 Å². The maximum atomic E-state index is 12.2. The van der Waals surface area contributed by atoms with Crippen LogP contribution in [-0.2, 0) is 17.8 Å². The Bertz CT molecular complexity index is 1100. The molecule has 0 fully saturated rings. The second-order valence-electron chi connectivity index (χ2n) is 7.00. The number of rotatable bonds is 10. The van der Waals surface area contributed by atoms with Gasteiger partial charge >= 0.3 is 0 Å². The fourth-order valence-corrected chi connectivity index (χ4v) is 3.35. The minimum Gasteiger partial charge on any atom is -0.497 e. The molecule has 0 aliphatic heterocycles. The first kappa shape index (κ1) is 24.4. The Balaban J connectivity index is 1.63. The van der Waals surface area contributed by atoms with Gasteiger partial charge in [0, 0.05) is 5.02 Å². The summed E-state index contributed by atoms with van der Waals surface area (Å²) in [7, 11) is 1.60. The topological polar surface area (TPSA) is 69.2 Å². The highest BCUT2D eigenvalue weighted by atomic mass is 35.5. The third-order valence-electron chi connectivity index (χ3n) is 4.55. The van der Waals surface area contributed by atoms with Gasteiger partial charge in [-0.15, -0.1) is 0 Å². The normalized spacial score (nSPS) is 10.8. The number of hydrazone groups is 1. The number of carbonyl (C=O) groups is 1. The Hall–Kier alpha value is -3.22. The quantitative estimate of drug-likeness (QED) is 0.296. The van der Waals surface area contributed by atoms with Gasteiger partial charge in [-0.05, 0) is 60.0 Å². The van der Waals surface area contributed by atoms with Crippen LogP contribution in [-0.4, -0.2) is 25.8 Å². The molecule has 172 valence electrons. The zero-order valence-corrected chi connectivity index (χ0v) is 19.8. The lowest BCUT2D eigenvalue weighted by molar-refractivity contribution is -0.120. The third-order valence-corrected chi connectivity index (χ3v) is 5.09. The fourth-order valence-electron chi connectivity index (χ4n) is 2.95. The van der Waals surface area contributed by atoms with E-state index in [9.17, 15) is 4.79 Å². The van der Waals surface area contributed by atoms with Crippen molar-refractivity contribution in [2.24, 2.45) is 5.10 Å². The van der Waals surface area contributed by atoms with Crippen LogP contribution in [0.3, 0.4) is 0 Å². The molecule has 0 heterocycles. The number of benzene rings is 3. The Morgan fingerprint density at radius 2 is 1.70 bits per heavy atom. The van der Waals surface area contributed by atoms with Crippen LogP contribution in [0.15, 0.2) is 65.8 Å². The number of nitrogens with zero attached hydrogens (tertiary/aromatic N) is 1. The average Bonchev–Trinajstić information content (AvgIpc) is 2.80. The van der Waals surface area contributed by atoms with Crippen molar-refractivity contribution in [2.45, 2.75) is 20.0 Å². The van der Waals surface area contributed by atoms with Crippen molar-refractivity contribution >= 4 is 35.3 Å². The molecule has 0 unspecified atom stereocenters. The van der Waals surface area contributed by atoms with E-state index in [1.165, 1.54) is 6.21 Å². The molecule has 1 amide bonds. The van der Waals surface area contributed by atoms with E-state index in [1.54, 1.807) is 43.5 Å².